The summed E-state index contributed by atoms with van der Waals surface area (Å²) in [6, 6.07) is 0. The highest BCUT2D eigenvalue weighted by Crippen LogP contribution is 2.01. The molecular weight excluding hydrogens is 152 g/mol. The van der Waals surface area contributed by atoms with Crippen LogP contribution in [0, 0.1) is 0 Å². The Morgan fingerprint density at radius 2 is 1.55 bits per heavy atom. The molecule has 2 heterocycles. The van der Waals surface area contributed by atoms with Crippen molar-refractivity contribution in [3.63, 3.8) is 0 Å². The van der Waals surface area contributed by atoms with Crippen molar-refractivity contribution in [3.8, 4) is 0 Å². The van der Waals surface area contributed by atoms with E-state index in [1.807, 2.05) is 0 Å². The normalized spacial score (nSPS) is 22.5. The van der Waals surface area contributed by atoms with Crippen molar-refractivity contribution in [3.05, 3.63) is 24.9 Å². The minimum Gasteiger partial charge on any atom is -0.367 e. The van der Waals surface area contributed by atoms with Crippen LogP contribution in [0.3, 0.4) is 0 Å². The first-order chi connectivity index (χ1) is 5.45. The fraction of sp³-hybridized carbons (Fsp3) is 0. The minimum atomic E-state index is 1.00. The monoisotopic (exact) mass is 158 g/mol. The molecule has 0 saturated heterocycles. The largest absolute Gasteiger partial charge is 0.367 e. The number of hydrazine groups is 2. The standard InChI is InChI=1S/C4H6N4O3/c1-3-9-7(5-1)11-8-6-2-4-10-8/h1-6H. The van der Waals surface area contributed by atoms with Crippen molar-refractivity contribution in [1.29, 1.82) is 0 Å². The number of hydrogen-bond donors (Lipinski definition) is 2. The van der Waals surface area contributed by atoms with Crippen molar-refractivity contribution >= 4 is 0 Å². The van der Waals surface area contributed by atoms with E-state index in [9.17, 15) is 0 Å². The summed E-state index contributed by atoms with van der Waals surface area (Å²) >= 11 is 0. The van der Waals surface area contributed by atoms with Crippen molar-refractivity contribution in [2.45, 2.75) is 0 Å². The molecule has 0 aromatic heterocycles. The van der Waals surface area contributed by atoms with Crippen molar-refractivity contribution in [1.82, 2.24) is 21.5 Å². The second-order valence-corrected chi connectivity index (χ2v) is 1.67. The highest BCUT2D eigenvalue weighted by molar-refractivity contribution is 4.71. The van der Waals surface area contributed by atoms with E-state index in [1.54, 1.807) is 12.4 Å². The fourth-order valence-corrected chi connectivity index (χ4v) is 0.568. The van der Waals surface area contributed by atoms with Crippen LogP contribution >= 0.6 is 0 Å². The molecular formula is C4H6N4O3. The first-order valence-corrected chi connectivity index (χ1v) is 2.89. The molecule has 0 saturated carbocycles. The van der Waals surface area contributed by atoms with Crippen molar-refractivity contribution in [2.75, 3.05) is 0 Å². The highest BCUT2D eigenvalue weighted by atomic mass is 17.2. The summed E-state index contributed by atoms with van der Waals surface area (Å²) < 4.78 is 0. The van der Waals surface area contributed by atoms with E-state index in [0.717, 1.165) is 10.7 Å². The van der Waals surface area contributed by atoms with Gasteiger partial charge in [0.15, 0.2) is 0 Å². The summed E-state index contributed by atoms with van der Waals surface area (Å²) in [5.74, 6) is 0. The summed E-state index contributed by atoms with van der Waals surface area (Å²) in [6.07, 6.45) is 5.96. The minimum absolute atomic E-state index is 1.00. The lowest BCUT2D eigenvalue weighted by Crippen LogP contribution is -2.40. The molecule has 0 aliphatic carbocycles. The molecule has 0 aromatic carbocycles. The van der Waals surface area contributed by atoms with Gasteiger partial charge in [-0.3, -0.25) is 10.9 Å². The Bertz CT molecular complexity index is 158. The van der Waals surface area contributed by atoms with Crippen LogP contribution in [-0.2, 0) is 14.6 Å². The lowest BCUT2D eigenvalue weighted by molar-refractivity contribution is -0.524. The molecule has 0 unspecified atom stereocenters. The summed E-state index contributed by atoms with van der Waals surface area (Å²) in [6.45, 7) is 0. The molecule has 0 amide bonds. The molecule has 2 rings (SSSR count). The molecule has 2 aliphatic heterocycles. The van der Waals surface area contributed by atoms with Gasteiger partial charge in [0.05, 0.1) is 12.4 Å². The van der Waals surface area contributed by atoms with Crippen LogP contribution in [0.4, 0.5) is 0 Å². The van der Waals surface area contributed by atoms with Crippen molar-refractivity contribution < 1.29 is 14.6 Å². The molecule has 11 heavy (non-hydrogen) atoms. The molecule has 0 fully saturated rings. The van der Waals surface area contributed by atoms with Gasteiger partial charge in [-0.25, -0.2) is 0 Å². The van der Waals surface area contributed by atoms with E-state index in [1.165, 1.54) is 12.5 Å². The molecule has 60 valence electrons. The van der Waals surface area contributed by atoms with Gasteiger partial charge in [0, 0.05) is 0 Å². The Hall–Kier alpha value is -1.44. The molecule has 0 spiro atoms. The molecule has 0 aromatic rings. The van der Waals surface area contributed by atoms with Gasteiger partial charge in [-0.1, -0.05) is 4.94 Å². The van der Waals surface area contributed by atoms with Crippen LogP contribution in [0.2, 0.25) is 0 Å². The molecule has 2 aliphatic rings. The Labute approximate surface area is 62.2 Å². The maximum Gasteiger partial charge on any atom is 0.134 e. The molecule has 2 N–H and O–H groups in total. The summed E-state index contributed by atoms with van der Waals surface area (Å²) in [4.78, 5) is 14.3. The van der Waals surface area contributed by atoms with Gasteiger partial charge in [0.1, 0.15) is 23.2 Å². The third-order valence-electron chi connectivity index (χ3n) is 0.957. The Morgan fingerprint density at radius 1 is 1.00 bits per heavy atom. The molecule has 0 atom stereocenters. The molecule has 0 bridgehead atoms. The Morgan fingerprint density at radius 3 is 1.91 bits per heavy atom. The fourth-order valence-electron chi connectivity index (χ4n) is 0.568. The topological polar surface area (TPSA) is 58.2 Å². The Kier molecular flexibility index (Phi) is 1.52. The zero-order valence-corrected chi connectivity index (χ0v) is 5.43. The first-order valence-electron chi connectivity index (χ1n) is 2.89. The van der Waals surface area contributed by atoms with Gasteiger partial charge in [-0.05, 0) is 0 Å². The van der Waals surface area contributed by atoms with Crippen molar-refractivity contribution in [2.24, 2.45) is 0 Å². The van der Waals surface area contributed by atoms with E-state index >= 15 is 0 Å². The predicted octanol–water partition coefficient (Wildman–Crippen LogP) is -0.721. The lowest BCUT2D eigenvalue weighted by atomic mass is 11.0. The molecule has 0 radical (unpaired) electrons. The van der Waals surface area contributed by atoms with E-state index in [0.29, 0.717) is 0 Å². The van der Waals surface area contributed by atoms with E-state index < -0.39 is 0 Å². The number of rotatable bonds is 2. The predicted molar refractivity (Wildman–Crippen MR) is 31.5 cm³/mol. The second kappa shape index (κ2) is 2.66. The van der Waals surface area contributed by atoms with Gasteiger partial charge in [0.25, 0.3) is 0 Å². The van der Waals surface area contributed by atoms with Gasteiger partial charge in [0.2, 0.25) is 0 Å². The number of hydrogen-bond acceptors (Lipinski definition) is 7. The Balaban J connectivity index is 1.73. The SMILES string of the molecule is C1=CON(ON2NC=CO2)N1. The first kappa shape index (κ1) is 6.28. The van der Waals surface area contributed by atoms with Crippen LogP contribution in [0.25, 0.3) is 0 Å². The average molecular weight is 158 g/mol. The van der Waals surface area contributed by atoms with E-state index in [-0.39, 0.29) is 0 Å². The van der Waals surface area contributed by atoms with Gasteiger partial charge < -0.3 is 9.68 Å². The van der Waals surface area contributed by atoms with Crippen LogP contribution in [0.15, 0.2) is 24.9 Å². The highest BCUT2D eigenvalue weighted by Gasteiger charge is 2.16. The summed E-state index contributed by atoms with van der Waals surface area (Å²) in [5.41, 5.74) is 5.20. The van der Waals surface area contributed by atoms with Gasteiger partial charge in [-0.2, -0.15) is 0 Å². The van der Waals surface area contributed by atoms with Crippen LogP contribution in [-0.4, -0.2) is 10.7 Å². The number of nitrogens with zero attached hydrogens (tertiary/aromatic N) is 2. The van der Waals surface area contributed by atoms with Crippen LogP contribution in [0.5, 0.6) is 0 Å². The maximum atomic E-state index is 4.85. The maximum absolute atomic E-state index is 4.85. The summed E-state index contributed by atoms with van der Waals surface area (Å²) in [7, 11) is 0. The smallest absolute Gasteiger partial charge is 0.134 e. The third kappa shape index (κ3) is 1.34. The molecule has 7 heteroatoms. The van der Waals surface area contributed by atoms with E-state index in [4.69, 9.17) is 14.6 Å². The zero-order chi connectivity index (χ0) is 7.52. The quantitative estimate of drug-likeness (QED) is 0.549. The zero-order valence-electron chi connectivity index (χ0n) is 5.43. The van der Waals surface area contributed by atoms with E-state index in [2.05, 4.69) is 10.9 Å². The summed E-state index contributed by atoms with van der Waals surface area (Å²) in [5, 5.41) is 2.00. The third-order valence-corrected chi connectivity index (χ3v) is 0.957. The van der Waals surface area contributed by atoms with Gasteiger partial charge >= 0.3 is 0 Å². The van der Waals surface area contributed by atoms with Crippen LogP contribution in [0.1, 0.15) is 0 Å². The van der Waals surface area contributed by atoms with Gasteiger partial charge in [-0.15, -0.1) is 0 Å². The lowest BCUT2D eigenvalue weighted by Gasteiger charge is -2.17. The average Bonchev–Trinajstić information content (AvgIpc) is 2.60. The number of nitrogens with one attached hydrogen (secondary N) is 2. The second-order valence-electron chi connectivity index (χ2n) is 1.67. The molecule has 7 nitrogen and oxygen atoms in total. The van der Waals surface area contributed by atoms with Crippen LogP contribution < -0.4 is 10.9 Å².